The summed E-state index contributed by atoms with van der Waals surface area (Å²) in [5.41, 5.74) is 4.17. The van der Waals surface area contributed by atoms with Gasteiger partial charge >= 0.3 is 0 Å². The van der Waals surface area contributed by atoms with E-state index in [1.165, 1.54) is 63.4 Å². The summed E-state index contributed by atoms with van der Waals surface area (Å²) in [4.78, 5) is 0. The summed E-state index contributed by atoms with van der Waals surface area (Å²) < 4.78 is 0. The number of aliphatic hydroxyl groups is 1. The standard InChI is InChI=1S/C30H50O/c1-8-22(19(2)3)10-9-20(4)24-13-14-26-23-11-12-25-21(5)28(31)16-18-30(25,7)27(23)15-17-29(24,26)6/h11,20-22,24-28,31H,2,8-10,12-18H2,1,3-7H3/t20-,21+,22+,24-,25+,26?,27?,28+,29-,30+/m1/s1. The van der Waals surface area contributed by atoms with Crippen LogP contribution in [-0.2, 0) is 0 Å². The van der Waals surface area contributed by atoms with E-state index in [2.05, 4.69) is 54.2 Å². The van der Waals surface area contributed by atoms with E-state index in [4.69, 9.17) is 0 Å². The molecule has 1 N–H and O–H groups in total. The van der Waals surface area contributed by atoms with Gasteiger partial charge in [-0.15, -0.1) is 0 Å². The molecule has 1 nitrogen and oxygen atoms in total. The number of allylic oxidation sites excluding steroid dienone is 3. The molecule has 0 bridgehead atoms. The molecule has 0 aliphatic heterocycles. The first-order valence-corrected chi connectivity index (χ1v) is 13.7. The van der Waals surface area contributed by atoms with Crippen molar-refractivity contribution in [2.45, 2.75) is 112 Å². The smallest absolute Gasteiger partial charge is 0.0568 e. The molecule has 0 amide bonds. The molecule has 0 heterocycles. The lowest BCUT2D eigenvalue weighted by Crippen LogP contribution is -2.52. The molecule has 0 aromatic heterocycles. The summed E-state index contributed by atoms with van der Waals surface area (Å²) in [6.07, 6.45) is 15.7. The SMILES string of the molecule is C=C(C)[C@@H](CC)CC[C@@H](C)[C@H]1CCC2C3=CC[C@H]4[C@H](C)[C@@H](O)CC[C@]4(C)C3CC[C@@]21C. The highest BCUT2D eigenvalue weighted by molar-refractivity contribution is 5.28. The van der Waals surface area contributed by atoms with E-state index < -0.39 is 0 Å². The molecule has 4 aliphatic rings. The van der Waals surface area contributed by atoms with Gasteiger partial charge in [-0.1, -0.05) is 58.4 Å². The minimum atomic E-state index is -0.0789. The van der Waals surface area contributed by atoms with Crippen molar-refractivity contribution in [2.24, 2.45) is 52.3 Å². The monoisotopic (exact) mass is 426 g/mol. The van der Waals surface area contributed by atoms with E-state index in [0.29, 0.717) is 28.6 Å². The molecule has 4 rings (SSSR count). The molecule has 4 aliphatic carbocycles. The number of hydrogen-bond donors (Lipinski definition) is 1. The van der Waals surface area contributed by atoms with Gasteiger partial charge in [0, 0.05) is 0 Å². The summed E-state index contributed by atoms with van der Waals surface area (Å²) in [6, 6.07) is 0. The molecular weight excluding hydrogens is 376 g/mol. The number of aliphatic hydroxyl groups excluding tert-OH is 1. The predicted octanol–water partition coefficient (Wildman–Crippen LogP) is 8.19. The molecule has 176 valence electrons. The van der Waals surface area contributed by atoms with Crippen LogP contribution in [0.1, 0.15) is 106 Å². The van der Waals surface area contributed by atoms with Gasteiger partial charge in [0.1, 0.15) is 0 Å². The van der Waals surface area contributed by atoms with Crippen LogP contribution < -0.4 is 0 Å². The van der Waals surface area contributed by atoms with Crippen LogP contribution in [-0.4, -0.2) is 11.2 Å². The molecule has 2 unspecified atom stereocenters. The third-order valence-corrected chi connectivity index (χ3v) is 11.5. The predicted molar refractivity (Wildman–Crippen MR) is 133 cm³/mol. The second kappa shape index (κ2) is 8.66. The van der Waals surface area contributed by atoms with Gasteiger partial charge in [-0.25, -0.2) is 0 Å². The van der Waals surface area contributed by atoms with E-state index in [-0.39, 0.29) is 6.10 Å². The van der Waals surface area contributed by atoms with Gasteiger partial charge in [-0.2, -0.15) is 0 Å². The van der Waals surface area contributed by atoms with E-state index in [1.807, 2.05) is 5.57 Å². The van der Waals surface area contributed by atoms with E-state index in [1.54, 1.807) is 0 Å². The third kappa shape index (κ3) is 3.79. The lowest BCUT2D eigenvalue weighted by Gasteiger charge is -2.59. The average molecular weight is 427 g/mol. The highest BCUT2D eigenvalue weighted by atomic mass is 16.3. The summed E-state index contributed by atoms with van der Waals surface area (Å²) in [7, 11) is 0. The molecule has 0 radical (unpaired) electrons. The first kappa shape index (κ1) is 23.6. The number of hydrogen-bond acceptors (Lipinski definition) is 1. The number of fused-ring (bicyclic) bond motifs is 5. The Balaban J connectivity index is 1.51. The Morgan fingerprint density at radius 2 is 1.77 bits per heavy atom. The molecule has 1 heteroatoms. The average Bonchev–Trinajstić information content (AvgIpc) is 3.08. The van der Waals surface area contributed by atoms with Gasteiger partial charge < -0.3 is 5.11 Å². The lowest BCUT2D eigenvalue weighted by molar-refractivity contribution is -0.0773. The topological polar surface area (TPSA) is 20.2 Å². The molecule has 3 saturated carbocycles. The van der Waals surface area contributed by atoms with Crippen LogP contribution in [0.3, 0.4) is 0 Å². The Bertz CT molecular complexity index is 705. The van der Waals surface area contributed by atoms with Crippen molar-refractivity contribution in [3.63, 3.8) is 0 Å². The Hall–Kier alpha value is -0.560. The van der Waals surface area contributed by atoms with E-state index in [9.17, 15) is 5.11 Å². The van der Waals surface area contributed by atoms with Gasteiger partial charge in [-0.3, -0.25) is 0 Å². The van der Waals surface area contributed by atoms with Gasteiger partial charge in [0.2, 0.25) is 0 Å². The molecule has 0 spiro atoms. The quantitative estimate of drug-likeness (QED) is 0.424. The van der Waals surface area contributed by atoms with Gasteiger partial charge in [0.15, 0.2) is 0 Å². The van der Waals surface area contributed by atoms with Crippen LogP contribution in [0.15, 0.2) is 23.8 Å². The van der Waals surface area contributed by atoms with Gasteiger partial charge in [0.25, 0.3) is 0 Å². The maximum absolute atomic E-state index is 10.5. The van der Waals surface area contributed by atoms with E-state index >= 15 is 0 Å². The second-order valence-corrected chi connectivity index (χ2v) is 12.9. The Morgan fingerprint density at radius 1 is 1.10 bits per heavy atom. The van der Waals surface area contributed by atoms with Gasteiger partial charge in [-0.05, 0) is 123 Å². The Morgan fingerprint density at radius 3 is 2.45 bits per heavy atom. The van der Waals surface area contributed by atoms with Crippen LogP contribution in [0.25, 0.3) is 0 Å². The molecule has 0 aromatic rings. The van der Waals surface area contributed by atoms with Crippen LogP contribution in [0, 0.1) is 52.3 Å². The van der Waals surface area contributed by atoms with Crippen molar-refractivity contribution in [1.29, 1.82) is 0 Å². The van der Waals surface area contributed by atoms with Crippen molar-refractivity contribution in [3.05, 3.63) is 23.8 Å². The molecule has 31 heavy (non-hydrogen) atoms. The molecule has 3 fully saturated rings. The lowest BCUT2D eigenvalue weighted by atomic mass is 9.46. The Labute approximate surface area is 193 Å². The fourth-order valence-electron chi connectivity index (χ4n) is 9.39. The fourth-order valence-corrected chi connectivity index (χ4v) is 9.39. The van der Waals surface area contributed by atoms with Crippen molar-refractivity contribution >= 4 is 0 Å². The summed E-state index contributed by atoms with van der Waals surface area (Å²) >= 11 is 0. The zero-order valence-electron chi connectivity index (χ0n) is 21.4. The van der Waals surface area contributed by atoms with Crippen LogP contribution in [0.2, 0.25) is 0 Å². The van der Waals surface area contributed by atoms with E-state index in [0.717, 1.165) is 30.1 Å². The molecular formula is C30H50O. The summed E-state index contributed by atoms with van der Waals surface area (Å²) in [5.74, 6) is 5.17. The van der Waals surface area contributed by atoms with Crippen molar-refractivity contribution in [1.82, 2.24) is 0 Å². The molecule has 10 atom stereocenters. The fraction of sp³-hybridized carbons (Fsp3) is 0.867. The van der Waals surface area contributed by atoms with Crippen LogP contribution in [0.5, 0.6) is 0 Å². The second-order valence-electron chi connectivity index (χ2n) is 12.9. The zero-order valence-corrected chi connectivity index (χ0v) is 21.4. The number of rotatable bonds is 6. The normalized spacial score (nSPS) is 46.4. The van der Waals surface area contributed by atoms with Crippen molar-refractivity contribution in [3.8, 4) is 0 Å². The minimum absolute atomic E-state index is 0.0789. The first-order chi connectivity index (χ1) is 14.6. The van der Waals surface area contributed by atoms with Crippen molar-refractivity contribution < 1.29 is 5.11 Å². The maximum atomic E-state index is 10.5. The van der Waals surface area contributed by atoms with Gasteiger partial charge in [0.05, 0.1) is 6.10 Å². The van der Waals surface area contributed by atoms with Crippen LogP contribution >= 0.6 is 0 Å². The molecule has 0 aromatic carbocycles. The largest absolute Gasteiger partial charge is 0.393 e. The zero-order chi connectivity index (χ0) is 22.6. The summed E-state index contributed by atoms with van der Waals surface area (Å²) in [5, 5.41) is 10.5. The maximum Gasteiger partial charge on any atom is 0.0568 e. The minimum Gasteiger partial charge on any atom is -0.393 e. The third-order valence-electron chi connectivity index (χ3n) is 11.5. The van der Waals surface area contributed by atoms with Crippen LogP contribution in [0.4, 0.5) is 0 Å². The molecule has 0 saturated heterocycles. The first-order valence-electron chi connectivity index (χ1n) is 13.7. The highest BCUT2D eigenvalue weighted by Crippen LogP contribution is 2.67. The highest BCUT2D eigenvalue weighted by Gasteiger charge is 2.59. The summed E-state index contributed by atoms with van der Waals surface area (Å²) in [6.45, 7) is 18.9. The van der Waals surface area contributed by atoms with Crippen molar-refractivity contribution in [2.75, 3.05) is 0 Å². The Kier molecular flexibility index (Phi) is 6.59.